The quantitative estimate of drug-likeness (QED) is 0.902. The zero-order valence-electron chi connectivity index (χ0n) is 13.5. The summed E-state index contributed by atoms with van der Waals surface area (Å²) >= 11 is 0. The minimum absolute atomic E-state index is 0.195. The molecule has 1 fully saturated rings. The number of aryl methyl sites for hydroxylation is 1. The Bertz CT molecular complexity index is 619. The van der Waals surface area contributed by atoms with E-state index in [1.807, 2.05) is 13.0 Å². The van der Waals surface area contributed by atoms with Gasteiger partial charge in [-0.2, -0.15) is 0 Å². The van der Waals surface area contributed by atoms with Crippen molar-refractivity contribution < 1.29 is 12.8 Å². The van der Waals surface area contributed by atoms with Crippen LogP contribution in [0.15, 0.2) is 18.2 Å². The maximum absolute atomic E-state index is 13.8. The van der Waals surface area contributed by atoms with Crippen LogP contribution in [0.1, 0.15) is 30.9 Å². The summed E-state index contributed by atoms with van der Waals surface area (Å²) < 4.78 is 38.7. The summed E-state index contributed by atoms with van der Waals surface area (Å²) in [6, 6.07) is 5.34. The second kappa shape index (κ2) is 7.06. The van der Waals surface area contributed by atoms with E-state index in [0.29, 0.717) is 25.2 Å². The molecule has 2 atom stereocenters. The molecule has 1 aromatic carbocycles. The Hall–Kier alpha value is -0.980. The predicted octanol–water partition coefficient (Wildman–Crippen LogP) is 2.28. The molecule has 0 radical (unpaired) electrons. The van der Waals surface area contributed by atoms with Gasteiger partial charge in [0.15, 0.2) is 0 Å². The largest absolute Gasteiger partial charge is 0.309 e. The van der Waals surface area contributed by atoms with Crippen LogP contribution in [-0.2, 0) is 16.6 Å². The molecule has 0 spiro atoms. The lowest BCUT2D eigenvalue weighted by molar-refractivity contribution is 0.201. The normalized spacial score (nSPS) is 23.6. The third-order valence-electron chi connectivity index (χ3n) is 4.45. The van der Waals surface area contributed by atoms with Gasteiger partial charge in [-0.25, -0.2) is 17.1 Å². The molecule has 0 saturated carbocycles. The van der Waals surface area contributed by atoms with Crippen LogP contribution in [0.2, 0.25) is 0 Å². The maximum atomic E-state index is 13.8. The standard InChI is InChI=1S/C16H25FN2O2S/c1-4-13-11-19(22(3,20)21)8-7-16(13)18-10-14-9-12(2)5-6-15(14)17/h5-6,9,13,16,18H,4,7-8,10-11H2,1-3H3/t13-,16-/m0/s1. The summed E-state index contributed by atoms with van der Waals surface area (Å²) in [6.45, 7) is 5.57. The Kier molecular flexibility index (Phi) is 5.58. The number of halogens is 1. The minimum Gasteiger partial charge on any atom is -0.309 e. The molecule has 1 aromatic rings. The van der Waals surface area contributed by atoms with Gasteiger partial charge < -0.3 is 5.32 Å². The third kappa shape index (κ3) is 4.27. The Labute approximate surface area is 132 Å². The topological polar surface area (TPSA) is 49.4 Å². The molecule has 1 heterocycles. The van der Waals surface area contributed by atoms with E-state index < -0.39 is 10.0 Å². The highest BCUT2D eigenvalue weighted by molar-refractivity contribution is 7.88. The van der Waals surface area contributed by atoms with E-state index in [9.17, 15) is 12.8 Å². The maximum Gasteiger partial charge on any atom is 0.211 e. The smallest absolute Gasteiger partial charge is 0.211 e. The highest BCUT2D eigenvalue weighted by Crippen LogP contribution is 2.22. The molecule has 0 amide bonds. The highest BCUT2D eigenvalue weighted by atomic mass is 32.2. The highest BCUT2D eigenvalue weighted by Gasteiger charge is 2.31. The minimum atomic E-state index is -3.13. The van der Waals surface area contributed by atoms with Crippen molar-refractivity contribution >= 4 is 10.0 Å². The molecule has 6 heteroatoms. The van der Waals surface area contributed by atoms with Crippen molar-refractivity contribution in [2.45, 2.75) is 39.3 Å². The second-order valence-electron chi connectivity index (χ2n) is 6.16. The molecule has 4 nitrogen and oxygen atoms in total. The molecule has 0 aliphatic carbocycles. The fourth-order valence-electron chi connectivity index (χ4n) is 3.06. The second-order valence-corrected chi connectivity index (χ2v) is 8.14. The zero-order chi connectivity index (χ0) is 16.3. The van der Waals surface area contributed by atoms with E-state index in [1.165, 1.54) is 12.3 Å². The van der Waals surface area contributed by atoms with Crippen LogP contribution >= 0.6 is 0 Å². The first-order valence-electron chi connectivity index (χ1n) is 7.74. The molecular weight excluding hydrogens is 303 g/mol. The lowest BCUT2D eigenvalue weighted by Gasteiger charge is -2.37. The summed E-state index contributed by atoms with van der Waals surface area (Å²) in [7, 11) is -3.13. The monoisotopic (exact) mass is 328 g/mol. The van der Waals surface area contributed by atoms with Crippen LogP contribution in [0.3, 0.4) is 0 Å². The first kappa shape index (κ1) is 17.4. The Morgan fingerprint density at radius 2 is 2.14 bits per heavy atom. The van der Waals surface area contributed by atoms with Crippen molar-refractivity contribution in [3.05, 3.63) is 35.1 Å². The van der Waals surface area contributed by atoms with E-state index >= 15 is 0 Å². The van der Waals surface area contributed by atoms with Crippen molar-refractivity contribution in [2.75, 3.05) is 19.3 Å². The van der Waals surface area contributed by atoms with Crippen LogP contribution in [0.25, 0.3) is 0 Å². The van der Waals surface area contributed by atoms with Crippen molar-refractivity contribution in [3.63, 3.8) is 0 Å². The molecule has 0 unspecified atom stereocenters. The number of benzene rings is 1. The number of sulfonamides is 1. The van der Waals surface area contributed by atoms with Gasteiger partial charge in [-0.1, -0.05) is 31.0 Å². The van der Waals surface area contributed by atoms with Crippen LogP contribution < -0.4 is 5.32 Å². The lowest BCUT2D eigenvalue weighted by atomic mass is 9.91. The van der Waals surface area contributed by atoms with Gasteiger partial charge in [0, 0.05) is 31.2 Å². The average molecular weight is 328 g/mol. The van der Waals surface area contributed by atoms with Crippen LogP contribution in [-0.4, -0.2) is 38.1 Å². The van der Waals surface area contributed by atoms with E-state index in [0.717, 1.165) is 18.4 Å². The Morgan fingerprint density at radius 3 is 2.77 bits per heavy atom. The molecule has 1 saturated heterocycles. The number of hydrogen-bond donors (Lipinski definition) is 1. The van der Waals surface area contributed by atoms with Gasteiger partial charge in [-0.05, 0) is 25.3 Å². The summed E-state index contributed by atoms with van der Waals surface area (Å²) in [5.74, 6) is 0.0658. The number of nitrogens with zero attached hydrogens (tertiary/aromatic N) is 1. The van der Waals surface area contributed by atoms with Gasteiger partial charge in [0.05, 0.1) is 6.26 Å². The molecule has 1 N–H and O–H groups in total. The fourth-order valence-corrected chi connectivity index (χ4v) is 3.96. The molecule has 0 aromatic heterocycles. The predicted molar refractivity (Wildman–Crippen MR) is 86.6 cm³/mol. The SMILES string of the molecule is CC[C@H]1CN(S(C)(=O)=O)CC[C@@H]1NCc1cc(C)ccc1F. The van der Waals surface area contributed by atoms with Gasteiger partial charge in [0.1, 0.15) is 5.82 Å². The average Bonchev–Trinajstić information content (AvgIpc) is 2.47. The van der Waals surface area contributed by atoms with Crippen molar-refractivity contribution in [1.29, 1.82) is 0 Å². The van der Waals surface area contributed by atoms with Gasteiger partial charge in [0.2, 0.25) is 10.0 Å². The zero-order valence-corrected chi connectivity index (χ0v) is 14.3. The Balaban J connectivity index is 1.99. The molecule has 124 valence electrons. The van der Waals surface area contributed by atoms with Gasteiger partial charge in [-0.3, -0.25) is 0 Å². The summed E-state index contributed by atoms with van der Waals surface area (Å²) in [5, 5.41) is 3.42. The van der Waals surface area contributed by atoms with E-state index in [2.05, 4.69) is 12.2 Å². The lowest BCUT2D eigenvalue weighted by Crippen LogP contribution is -2.50. The number of nitrogens with one attached hydrogen (secondary N) is 1. The Morgan fingerprint density at radius 1 is 1.41 bits per heavy atom. The molecule has 2 rings (SSSR count). The number of rotatable bonds is 5. The fraction of sp³-hybridized carbons (Fsp3) is 0.625. The van der Waals surface area contributed by atoms with E-state index in [1.54, 1.807) is 10.4 Å². The summed E-state index contributed by atoms with van der Waals surface area (Å²) in [5.41, 5.74) is 1.71. The molecule has 0 bridgehead atoms. The van der Waals surface area contributed by atoms with E-state index in [-0.39, 0.29) is 17.8 Å². The van der Waals surface area contributed by atoms with Gasteiger partial charge in [-0.15, -0.1) is 0 Å². The number of piperidine rings is 1. The van der Waals surface area contributed by atoms with Crippen molar-refractivity contribution in [1.82, 2.24) is 9.62 Å². The van der Waals surface area contributed by atoms with Crippen LogP contribution in [0, 0.1) is 18.7 Å². The van der Waals surface area contributed by atoms with E-state index in [4.69, 9.17) is 0 Å². The molecule has 22 heavy (non-hydrogen) atoms. The van der Waals surface area contributed by atoms with Crippen molar-refractivity contribution in [3.8, 4) is 0 Å². The van der Waals surface area contributed by atoms with Crippen LogP contribution in [0.4, 0.5) is 4.39 Å². The summed E-state index contributed by atoms with van der Waals surface area (Å²) in [4.78, 5) is 0. The third-order valence-corrected chi connectivity index (χ3v) is 5.72. The first-order chi connectivity index (χ1) is 10.3. The molecular formula is C16H25FN2O2S. The molecule has 1 aliphatic heterocycles. The first-order valence-corrected chi connectivity index (χ1v) is 9.59. The van der Waals surface area contributed by atoms with Crippen molar-refractivity contribution in [2.24, 2.45) is 5.92 Å². The van der Waals surface area contributed by atoms with Gasteiger partial charge in [0.25, 0.3) is 0 Å². The molecule has 1 aliphatic rings. The van der Waals surface area contributed by atoms with Crippen LogP contribution in [0.5, 0.6) is 0 Å². The summed E-state index contributed by atoms with van der Waals surface area (Å²) in [6.07, 6.45) is 2.93. The number of hydrogen-bond acceptors (Lipinski definition) is 3. The van der Waals surface area contributed by atoms with Gasteiger partial charge >= 0.3 is 0 Å².